The molecule has 0 aromatic rings. The molecule has 0 fully saturated rings. The predicted octanol–water partition coefficient (Wildman–Crippen LogP) is 1.06. The van der Waals surface area contributed by atoms with Crippen LogP contribution < -0.4 is 0 Å². The Kier molecular flexibility index (Phi) is 5.53. The first-order valence-corrected chi connectivity index (χ1v) is 4.69. The second-order valence-corrected chi connectivity index (χ2v) is 3.61. The van der Waals surface area contributed by atoms with Crippen LogP contribution in [0.1, 0.15) is 19.8 Å². The molecule has 5 heteroatoms. The molecule has 0 amide bonds. The van der Waals surface area contributed by atoms with Crippen LogP contribution in [0.2, 0.25) is 0 Å². The van der Waals surface area contributed by atoms with Crippen molar-refractivity contribution in [3.63, 3.8) is 0 Å². The first-order valence-electron chi connectivity index (χ1n) is 3.64. The molecule has 12 heavy (non-hydrogen) atoms. The number of aliphatic carboxylic acids is 2. The zero-order valence-electron chi connectivity index (χ0n) is 6.82. The minimum Gasteiger partial charge on any atom is -0.481 e. The Balaban J connectivity index is 3.87. The van der Waals surface area contributed by atoms with Gasteiger partial charge in [0.2, 0.25) is 0 Å². The Labute approximate surface area is 75.0 Å². The largest absolute Gasteiger partial charge is 0.481 e. The van der Waals surface area contributed by atoms with Gasteiger partial charge in [-0.25, -0.2) is 0 Å². The van der Waals surface area contributed by atoms with Gasteiger partial charge in [0.1, 0.15) is 5.25 Å². The molecule has 0 aliphatic carbocycles. The standard InChI is InChI=1S/C7H12O4S/c1-2-3-12-5(7(10)11)4-6(8)9/h5H,2-4H2,1H3,(H,8,9)(H,10,11)/t5-/m0/s1. The highest BCUT2D eigenvalue weighted by Crippen LogP contribution is 2.15. The average molecular weight is 192 g/mol. The maximum absolute atomic E-state index is 10.5. The molecule has 0 aromatic carbocycles. The van der Waals surface area contributed by atoms with Gasteiger partial charge < -0.3 is 10.2 Å². The van der Waals surface area contributed by atoms with Gasteiger partial charge in [0.15, 0.2) is 0 Å². The molecule has 2 N–H and O–H groups in total. The van der Waals surface area contributed by atoms with Crippen LogP contribution in [0.5, 0.6) is 0 Å². The number of hydrogen-bond acceptors (Lipinski definition) is 3. The number of carboxylic acid groups (broad SMARTS) is 2. The van der Waals surface area contributed by atoms with Crippen molar-refractivity contribution >= 4 is 23.7 Å². The molecule has 0 bridgehead atoms. The Morgan fingerprint density at radius 3 is 2.33 bits per heavy atom. The average Bonchev–Trinajstić information content (AvgIpc) is 1.96. The van der Waals surface area contributed by atoms with Gasteiger partial charge in [-0.15, -0.1) is 11.8 Å². The van der Waals surface area contributed by atoms with E-state index in [-0.39, 0.29) is 6.42 Å². The zero-order chi connectivity index (χ0) is 9.56. The molecule has 70 valence electrons. The molecule has 0 rings (SSSR count). The SMILES string of the molecule is CCCS[C@@H](CC(=O)O)C(=O)O. The van der Waals surface area contributed by atoms with Gasteiger partial charge in [0.05, 0.1) is 6.42 Å². The van der Waals surface area contributed by atoms with Crippen LogP contribution in [0.4, 0.5) is 0 Å². The van der Waals surface area contributed by atoms with E-state index in [1.165, 1.54) is 11.8 Å². The van der Waals surface area contributed by atoms with Crippen molar-refractivity contribution in [2.45, 2.75) is 25.0 Å². The third-order valence-corrected chi connectivity index (χ3v) is 2.57. The third-order valence-electron chi connectivity index (χ3n) is 1.16. The Hall–Kier alpha value is -0.710. The second kappa shape index (κ2) is 5.88. The van der Waals surface area contributed by atoms with E-state index >= 15 is 0 Å². The molecule has 0 heterocycles. The first kappa shape index (κ1) is 11.3. The fraction of sp³-hybridized carbons (Fsp3) is 0.714. The van der Waals surface area contributed by atoms with E-state index in [4.69, 9.17) is 10.2 Å². The molecule has 0 aromatic heterocycles. The van der Waals surface area contributed by atoms with Gasteiger partial charge in [0.25, 0.3) is 0 Å². The quantitative estimate of drug-likeness (QED) is 0.658. The summed E-state index contributed by atoms with van der Waals surface area (Å²) in [6.45, 7) is 1.92. The molecule has 0 spiro atoms. The number of rotatable bonds is 6. The van der Waals surface area contributed by atoms with Gasteiger partial charge in [-0.2, -0.15) is 0 Å². The predicted molar refractivity (Wildman–Crippen MR) is 46.4 cm³/mol. The van der Waals surface area contributed by atoms with Crippen molar-refractivity contribution in [3.8, 4) is 0 Å². The van der Waals surface area contributed by atoms with Crippen molar-refractivity contribution < 1.29 is 19.8 Å². The van der Waals surface area contributed by atoms with Crippen LogP contribution in [-0.2, 0) is 9.59 Å². The van der Waals surface area contributed by atoms with Gasteiger partial charge in [-0.1, -0.05) is 6.92 Å². The van der Waals surface area contributed by atoms with E-state index in [1.54, 1.807) is 0 Å². The molecular formula is C7H12O4S. The summed E-state index contributed by atoms with van der Waals surface area (Å²) >= 11 is 1.18. The normalized spacial score (nSPS) is 12.4. The molecule has 4 nitrogen and oxygen atoms in total. The van der Waals surface area contributed by atoms with E-state index in [1.807, 2.05) is 6.92 Å². The maximum Gasteiger partial charge on any atom is 0.317 e. The summed E-state index contributed by atoms with van der Waals surface area (Å²) < 4.78 is 0. The van der Waals surface area contributed by atoms with Crippen LogP contribution in [0, 0.1) is 0 Å². The van der Waals surface area contributed by atoms with Gasteiger partial charge in [-0.3, -0.25) is 9.59 Å². The molecule has 0 radical (unpaired) electrons. The maximum atomic E-state index is 10.5. The number of thioether (sulfide) groups is 1. The summed E-state index contributed by atoms with van der Waals surface area (Å²) in [6.07, 6.45) is 0.550. The lowest BCUT2D eigenvalue weighted by Gasteiger charge is -2.07. The number of carboxylic acids is 2. The number of carbonyl (C=O) groups is 2. The summed E-state index contributed by atoms with van der Waals surface area (Å²) in [6, 6.07) is 0. The topological polar surface area (TPSA) is 74.6 Å². The second-order valence-electron chi connectivity index (χ2n) is 2.30. The van der Waals surface area contributed by atoms with E-state index in [9.17, 15) is 9.59 Å². The van der Waals surface area contributed by atoms with Gasteiger partial charge in [0, 0.05) is 0 Å². The van der Waals surface area contributed by atoms with Crippen molar-refractivity contribution in [2.24, 2.45) is 0 Å². The lowest BCUT2D eigenvalue weighted by Crippen LogP contribution is -2.20. The smallest absolute Gasteiger partial charge is 0.317 e. The lowest BCUT2D eigenvalue weighted by atomic mass is 10.3. The summed E-state index contributed by atoms with van der Waals surface area (Å²) in [7, 11) is 0. The number of hydrogen-bond donors (Lipinski definition) is 2. The van der Waals surface area contributed by atoms with Crippen LogP contribution in [0.15, 0.2) is 0 Å². The molecule has 0 aliphatic heterocycles. The molecule has 0 saturated heterocycles. The van der Waals surface area contributed by atoms with Gasteiger partial charge >= 0.3 is 11.9 Å². The van der Waals surface area contributed by atoms with Gasteiger partial charge in [-0.05, 0) is 12.2 Å². The highest BCUT2D eigenvalue weighted by Gasteiger charge is 2.20. The highest BCUT2D eigenvalue weighted by atomic mass is 32.2. The highest BCUT2D eigenvalue weighted by molar-refractivity contribution is 8.00. The molecule has 0 saturated carbocycles. The van der Waals surface area contributed by atoms with Crippen molar-refractivity contribution in [3.05, 3.63) is 0 Å². The summed E-state index contributed by atoms with van der Waals surface area (Å²) in [4.78, 5) is 20.7. The van der Waals surface area contributed by atoms with E-state index in [0.717, 1.165) is 6.42 Å². The van der Waals surface area contributed by atoms with E-state index < -0.39 is 17.2 Å². The Morgan fingerprint density at radius 1 is 1.42 bits per heavy atom. The minimum absolute atomic E-state index is 0.306. The van der Waals surface area contributed by atoms with Crippen LogP contribution in [0.25, 0.3) is 0 Å². The fourth-order valence-electron chi connectivity index (χ4n) is 0.636. The zero-order valence-corrected chi connectivity index (χ0v) is 7.63. The van der Waals surface area contributed by atoms with E-state index in [2.05, 4.69) is 0 Å². The fourth-order valence-corrected chi connectivity index (χ4v) is 1.56. The lowest BCUT2D eigenvalue weighted by molar-refractivity contribution is -0.142. The molecule has 0 unspecified atom stereocenters. The molecule has 1 atom stereocenters. The molecule has 0 aliphatic rings. The monoisotopic (exact) mass is 192 g/mol. The summed E-state index contributed by atoms with van der Waals surface area (Å²) in [5.74, 6) is -1.42. The minimum atomic E-state index is -1.06. The van der Waals surface area contributed by atoms with Crippen LogP contribution >= 0.6 is 11.8 Å². The Bertz CT molecular complexity index is 169. The summed E-state index contributed by atoms with van der Waals surface area (Å²) in [5, 5.41) is 16.1. The Morgan fingerprint density at radius 2 is 2.00 bits per heavy atom. The van der Waals surface area contributed by atoms with Crippen LogP contribution in [-0.4, -0.2) is 33.2 Å². The first-order chi connectivity index (χ1) is 5.57. The van der Waals surface area contributed by atoms with Crippen LogP contribution in [0.3, 0.4) is 0 Å². The van der Waals surface area contributed by atoms with Crippen molar-refractivity contribution in [1.29, 1.82) is 0 Å². The van der Waals surface area contributed by atoms with Crippen molar-refractivity contribution in [1.82, 2.24) is 0 Å². The molecular weight excluding hydrogens is 180 g/mol. The van der Waals surface area contributed by atoms with Crippen molar-refractivity contribution in [2.75, 3.05) is 5.75 Å². The van der Waals surface area contributed by atoms with E-state index in [0.29, 0.717) is 5.75 Å². The summed E-state index contributed by atoms with van der Waals surface area (Å²) in [5.41, 5.74) is 0. The third kappa shape index (κ3) is 5.01.